The predicted octanol–water partition coefficient (Wildman–Crippen LogP) is 4.93. The van der Waals surface area contributed by atoms with Gasteiger partial charge in [0.25, 0.3) is 10.0 Å². The van der Waals surface area contributed by atoms with Crippen LogP contribution >= 0.6 is 27.5 Å². The molecule has 0 atom stereocenters. The van der Waals surface area contributed by atoms with Crippen LogP contribution in [0.15, 0.2) is 45.8 Å². The van der Waals surface area contributed by atoms with Crippen LogP contribution in [0.3, 0.4) is 0 Å². The van der Waals surface area contributed by atoms with Crippen LogP contribution in [0.2, 0.25) is 5.02 Å². The molecular weight excluding hydrogens is 435 g/mol. The van der Waals surface area contributed by atoms with Crippen molar-refractivity contribution in [1.82, 2.24) is 0 Å². The summed E-state index contributed by atoms with van der Waals surface area (Å²) in [5, 5.41) is -0.516. The van der Waals surface area contributed by atoms with Gasteiger partial charge in [-0.15, -0.1) is 0 Å². The van der Waals surface area contributed by atoms with Gasteiger partial charge in [0.2, 0.25) is 0 Å². The second-order valence-electron chi connectivity index (χ2n) is 4.59. The molecule has 1 N–H and O–H groups in total. The maximum absolute atomic E-state index is 12.8. The maximum Gasteiger partial charge on any atom is 0.417 e. The van der Waals surface area contributed by atoms with Crippen molar-refractivity contribution in [2.75, 3.05) is 11.8 Å². The van der Waals surface area contributed by atoms with Crippen LogP contribution in [-0.2, 0) is 16.2 Å². The lowest BCUT2D eigenvalue weighted by atomic mass is 10.2. The van der Waals surface area contributed by atoms with Gasteiger partial charge in [0.05, 0.1) is 27.1 Å². The highest BCUT2D eigenvalue weighted by Crippen LogP contribution is 2.36. The quantitative estimate of drug-likeness (QED) is 0.727. The number of hydrogen-bond acceptors (Lipinski definition) is 3. The first-order valence-corrected chi connectivity index (χ1v) is 8.93. The van der Waals surface area contributed by atoms with Gasteiger partial charge in [-0.3, -0.25) is 4.72 Å². The van der Waals surface area contributed by atoms with E-state index < -0.39 is 26.8 Å². The minimum Gasteiger partial charge on any atom is -0.496 e. The molecule has 0 aliphatic heterocycles. The fraction of sp³-hybridized carbons (Fsp3) is 0.143. The Morgan fingerprint density at radius 1 is 1.17 bits per heavy atom. The monoisotopic (exact) mass is 443 g/mol. The lowest BCUT2D eigenvalue weighted by Gasteiger charge is -2.13. The summed E-state index contributed by atoms with van der Waals surface area (Å²) in [5.74, 6) is 0.416. The SMILES string of the molecule is COc1ccc(S(=O)(=O)Nc2ccc(Cl)c(C(F)(F)F)c2)cc1Br. The van der Waals surface area contributed by atoms with Gasteiger partial charge in [-0.1, -0.05) is 11.6 Å². The number of benzene rings is 2. The van der Waals surface area contributed by atoms with Gasteiger partial charge in [-0.2, -0.15) is 13.2 Å². The van der Waals surface area contributed by atoms with Gasteiger partial charge in [0.1, 0.15) is 5.75 Å². The van der Waals surface area contributed by atoms with Gasteiger partial charge in [0, 0.05) is 5.69 Å². The van der Waals surface area contributed by atoms with Crippen LogP contribution in [0.1, 0.15) is 5.56 Å². The zero-order valence-electron chi connectivity index (χ0n) is 12.0. The van der Waals surface area contributed by atoms with E-state index in [1.807, 2.05) is 0 Å². The average molecular weight is 445 g/mol. The summed E-state index contributed by atoms with van der Waals surface area (Å²) < 4.78 is 70.6. The summed E-state index contributed by atoms with van der Waals surface area (Å²) in [6.45, 7) is 0. The summed E-state index contributed by atoms with van der Waals surface area (Å²) in [6, 6.07) is 6.73. The molecule has 0 aliphatic carbocycles. The fourth-order valence-electron chi connectivity index (χ4n) is 1.83. The Kier molecular flexibility index (Phi) is 5.36. The number of sulfonamides is 1. The van der Waals surface area contributed by atoms with E-state index in [1.54, 1.807) is 0 Å². The number of methoxy groups -OCH3 is 1. The van der Waals surface area contributed by atoms with E-state index >= 15 is 0 Å². The van der Waals surface area contributed by atoms with Gasteiger partial charge in [-0.05, 0) is 52.3 Å². The Morgan fingerprint density at radius 3 is 2.38 bits per heavy atom. The van der Waals surface area contributed by atoms with E-state index in [9.17, 15) is 21.6 Å². The average Bonchev–Trinajstić information content (AvgIpc) is 2.47. The zero-order valence-corrected chi connectivity index (χ0v) is 15.1. The van der Waals surface area contributed by atoms with Crippen LogP contribution in [0.25, 0.3) is 0 Å². The molecule has 10 heteroatoms. The Bertz CT molecular complexity index is 872. The standard InChI is InChI=1S/C14H10BrClF3NO3S/c1-23-13-5-3-9(7-11(13)15)24(21,22)20-8-2-4-12(16)10(6-8)14(17,18)19/h2-7,20H,1H3. The van der Waals surface area contributed by atoms with Crippen molar-refractivity contribution >= 4 is 43.2 Å². The highest BCUT2D eigenvalue weighted by molar-refractivity contribution is 9.10. The van der Waals surface area contributed by atoms with Crippen LogP contribution < -0.4 is 9.46 Å². The first-order valence-electron chi connectivity index (χ1n) is 6.27. The fourth-order valence-corrected chi connectivity index (χ4v) is 3.83. The van der Waals surface area contributed by atoms with E-state index in [4.69, 9.17) is 16.3 Å². The summed E-state index contributed by atoms with van der Waals surface area (Å²) in [7, 11) is -2.67. The largest absolute Gasteiger partial charge is 0.496 e. The zero-order chi connectivity index (χ0) is 18.1. The number of alkyl halides is 3. The third-order valence-electron chi connectivity index (χ3n) is 2.96. The van der Waals surface area contributed by atoms with E-state index in [0.717, 1.165) is 12.1 Å². The number of nitrogens with one attached hydrogen (secondary N) is 1. The van der Waals surface area contributed by atoms with E-state index in [-0.39, 0.29) is 10.6 Å². The van der Waals surface area contributed by atoms with E-state index in [0.29, 0.717) is 16.3 Å². The molecule has 0 saturated carbocycles. The molecule has 0 radical (unpaired) electrons. The Morgan fingerprint density at radius 2 is 1.83 bits per heavy atom. The summed E-state index contributed by atoms with van der Waals surface area (Å²) in [5.41, 5.74) is -1.38. The third kappa shape index (κ3) is 4.14. The molecular formula is C14H10BrClF3NO3S. The van der Waals surface area contributed by atoms with Crippen LogP contribution in [0, 0.1) is 0 Å². The van der Waals surface area contributed by atoms with Crippen molar-refractivity contribution in [2.24, 2.45) is 0 Å². The molecule has 130 valence electrons. The van der Waals surface area contributed by atoms with E-state index in [1.165, 1.54) is 25.3 Å². The molecule has 2 rings (SSSR count). The molecule has 2 aromatic carbocycles. The third-order valence-corrected chi connectivity index (χ3v) is 5.29. The molecule has 0 bridgehead atoms. The van der Waals surface area contributed by atoms with Crippen LogP contribution in [0.5, 0.6) is 5.75 Å². The number of halogens is 5. The van der Waals surface area contributed by atoms with Gasteiger partial charge < -0.3 is 4.74 Å². The van der Waals surface area contributed by atoms with Crippen LogP contribution in [-0.4, -0.2) is 15.5 Å². The Hall–Kier alpha value is -1.45. The number of hydrogen-bond donors (Lipinski definition) is 1. The van der Waals surface area contributed by atoms with Crippen molar-refractivity contribution in [3.8, 4) is 5.75 Å². The minimum absolute atomic E-state index is 0.140. The molecule has 0 fully saturated rings. The number of rotatable bonds is 4. The van der Waals surface area contributed by atoms with Gasteiger partial charge >= 0.3 is 6.18 Å². The van der Waals surface area contributed by atoms with Crippen molar-refractivity contribution in [3.05, 3.63) is 51.5 Å². The first-order chi connectivity index (χ1) is 11.0. The van der Waals surface area contributed by atoms with Gasteiger partial charge in [-0.25, -0.2) is 8.42 Å². The lowest BCUT2D eigenvalue weighted by Crippen LogP contribution is -2.14. The second kappa shape index (κ2) is 6.81. The van der Waals surface area contributed by atoms with Crippen LogP contribution in [0.4, 0.5) is 18.9 Å². The van der Waals surface area contributed by atoms with Crippen molar-refractivity contribution in [3.63, 3.8) is 0 Å². The smallest absolute Gasteiger partial charge is 0.417 e. The van der Waals surface area contributed by atoms with Gasteiger partial charge in [0.15, 0.2) is 0 Å². The summed E-state index contributed by atoms with van der Waals surface area (Å²) >= 11 is 8.65. The number of ether oxygens (including phenoxy) is 1. The molecule has 0 spiro atoms. The molecule has 24 heavy (non-hydrogen) atoms. The highest BCUT2D eigenvalue weighted by Gasteiger charge is 2.33. The molecule has 2 aromatic rings. The highest BCUT2D eigenvalue weighted by atomic mass is 79.9. The summed E-state index contributed by atoms with van der Waals surface area (Å²) in [6.07, 6.45) is -4.69. The van der Waals surface area contributed by atoms with Crippen molar-refractivity contribution < 1.29 is 26.3 Å². The molecule has 0 saturated heterocycles. The molecule has 0 unspecified atom stereocenters. The first kappa shape index (κ1) is 18.9. The van der Waals surface area contributed by atoms with E-state index in [2.05, 4.69) is 20.7 Å². The lowest BCUT2D eigenvalue weighted by molar-refractivity contribution is -0.137. The molecule has 4 nitrogen and oxygen atoms in total. The molecule has 0 amide bonds. The van der Waals surface area contributed by atoms with Crippen molar-refractivity contribution in [2.45, 2.75) is 11.1 Å². The number of anilines is 1. The van der Waals surface area contributed by atoms with Crippen molar-refractivity contribution in [1.29, 1.82) is 0 Å². The summed E-state index contributed by atoms with van der Waals surface area (Å²) in [4.78, 5) is -0.140. The maximum atomic E-state index is 12.8. The molecule has 0 aromatic heterocycles. The molecule has 0 heterocycles. The topological polar surface area (TPSA) is 55.4 Å². The minimum atomic E-state index is -4.69. The Balaban J connectivity index is 2.38. The molecule has 0 aliphatic rings. The normalized spacial score (nSPS) is 12.1. The second-order valence-corrected chi connectivity index (χ2v) is 7.54. The Labute approximate surface area is 149 Å². The predicted molar refractivity (Wildman–Crippen MR) is 88.0 cm³/mol.